The molecule has 6 heteroatoms. The molecule has 1 atom stereocenters. The molecule has 2 aliphatic rings. The second kappa shape index (κ2) is 10.1. The van der Waals surface area contributed by atoms with Crippen LogP contribution in [0.25, 0.3) is 10.9 Å². The number of nitrogens with one attached hydrogen (secondary N) is 1. The van der Waals surface area contributed by atoms with Gasteiger partial charge >= 0.3 is 5.97 Å². The highest BCUT2D eigenvalue weighted by Crippen LogP contribution is 2.55. The molecule has 0 spiro atoms. The molecule has 0 bridgehead atoms. The molecule has 1 N–H and O–H groups in total. The number of methoxy groups -OCH3 is 1. The Bertz CT molecular complexity index is 1550. The summed E-state index contributed by atoms with van der Waals surface area (Å²) in [6.07, 6.45) is 7.88. The van der Waals surface area contributed by atoms with E-state index in [1.165, 1.54) is 37.7 Å². The van der Waals surface area contributed by atoms with Crippen LogP contribution in [0.5, 0.6) is 5.75 Å². The molecule has 1 saturated carbocycles. The van der Waals surface area contributed by atoms with E-state index in [0.29, 0.717) is 17.2 Å². The van der Waals surface area contributed by atoms with Crippen LogP contribution in [0.15, 0.2) is 54.7 Å². The van der Waals surface area contributed by atoms with E-state index in [9.17, 15) is 4.79 Å². The summed E-state index contributed by atoms with van der Waals surface area (Å²) < 4.78 is 15.1. The molecule has 202 valence electrons. The second-order valence-electron chi connectivity index (χ2n) is 10.7. The number of cyclic esters (lactones) is 1. The third kappa shape index (κ3) is 3.75. The average molecular weight is 524 g/mol. The molecule has 0 radical (unpaired) electrons. The maximum Gasteiger partial charge on any atom is 0.341 e. The van der Waals surface area contributed by atoms with Gasteiger partial charge in [-0.05, 0) is 63.3 Å². The standard InChI is InChI=1S/C33H37N3O3/c1-5-34-29-23(22-13-8-7-9-14-22)18-19-26(30(29)38-4)33(31-25(32(37)39-33)16-12-20-35-31)28-21(3)36(6-2)27-17-11-10-15-24(27)28/h10-12,15-20,22,34H,5-9,13-14H2,1-4H3. The fourth-order valence-corrected chi connectivity index (χ4v) is 7.06. The quantitative estimate of drug-likeness (QED) is 0.257. The van der Waals surface area contributed by atoms with Crippen LogP contribution >= 0.6 is 0 Å². The summed E-state index contributed by atoms with van der Waals surface area (Å²) in [6.45, 7) is 7.92. The molecule has 1 fully saturated rings. The summed E-state index contributed by atoms with van der Waals surface area (Å²) in [6, 6.07) is 16.3. The first-order chi connectivity index (χ1) is 19.1. The number of carbonyl (C=O) groups excluding carboxylic acids is 1. The third-order valence-electron chi connectivity index (χ3n) is 8.68. The van der Waals surface area contributed by atoms with Gasteiger partial charge in [0.15, 0.2) is 0 Å². The predicted molar refractivity (Wildman–Crippen MR) is 155 cm³/mol. The third-order valence-corrected chi connectivity index (χ3v) is 8.68. The average Bonchev–Trinajstić information content (AvgIpc) is 3.43. The monoisotopic (exact) mass is 523 g/mol. The highest BCUT2D eigenvalue weighted by Gasteiger charge is 2.54. The smallest absolute Gasteiger partial charge is 0.341 e. The first-order valence-electron chi connectivity index (χ1n) is 14.3. The van der Waals surface area contributed by atoms with Gasteiger partial charge in [-0.3, -0.25) is 4.98 Å². The van der Waals surface area contributed by atoms with Crippen LogP contribution in [0.3, 0.4) is 0 Å². The van der Waals surface area contributed by atoms with Crippen LogP contribution in [0.4, 0.5) is 5.69 Å². The Labute approximate surface area is 230 Å². The van der Waals surface area contributed by atoms with Crippen molar-refractivity contribution >= 4 is 22.6 Å². The van der Waals surface area contributed by atoms with Crippen LogP contribution in [-0.2, 0) is 16.9 Å². The Balaban J connectivity index is 1.72. The van der Waals surface area contributed by atoms with Crippen LogP contribution in [-0.4, -0.2) is 29.2 Å². The van der Waals surface area contributed by atoms with Gasteiger partial charge in [0.2, 0.25) is 5.60 Å². The zero-order valence-electron chi connectivity index (χ0n) is 23.3. The van der Waals surface area contributed by atoms with Crippen LogP contribution in [0.2, 0.25) is 0 Å². The van der Waals surface area contributed by atoms with E-state index < -0.39 is 5.60 Å². The van der Waals surface area contributed by atoms with Crippen molar-refractivity contribution in [1.82, 2.24) is 9.55 Å². The Kier molecular flexibility index (Phi) is 6.57. The van der Waals surface area contributed by atoms with Gasteiger partial charge in [0.05, 0.1) is 23.9 Å². The maximum absolute atomic E-state index is 13.6. The molecule has 0 amide bonds. The first-order valence-corrected chi connectivity index (χ1v) is 14.3. The molecular formula is C33H37N3O3. The number of ether oxygens (including phenoxy) is 2. The molecule has 3 heterocycles. The number of hydrogen-bond acceptors (Lipinski definition) is 5. The van der Waals surface area contributed by atoms with E-state index in [4.69, 9.17) is 14.5 Å². The van der Waals surface area contributed by atoms with Gasteiger partial charge in [0, 0.05) is 41.4 Å². The molecule has 2 aromatic carbocycles. The predicted octanol–water partition coefficient (Wildman–Crippen LogP) is 7.32. The summed E-state index contributed by atoms with van der Waals surface area (Å²) in [5.74, 6) is 0.833. The molecule has 1 aliphatic carbocycles. The molecule has 39 heavy (non-hydrogen) atoms. The number of fused-ring (bicyclic) bond motifs is 2. The lowest BCUT2D eigenvalue weighted by atomic mass is 9.77. The minimum atomic E-state index is -1.25. The van der Waals surface area contributed by atoms with Crippen molar-refractivity contribution in [3.63, 3.8) is 0 Å². The number of aryl methyl sites for hydroxylation is 1. The zero-order valence-corrected chi connectivity index (χ0v) is 23.3. The number of para-hydroxylation sites is 1. The molecule has 6 rings (SSSR count). The lowest BCUT2D eigenvalue weighted by molar-refractivity contribution is 0.0239. The van der Waals surface area contributed by atoms with E-state index in [2.05, 4.69) is 61.0 Å². The van der Waals surface area contributed by atoms with Crippen molar-refractivity contribution in [1.29, 1.82) is 0 Å². The second-order valence-corrected chi connectivity index (χ2v) is 10.7. The number of benzene rings is 2. The van der Waals surface area contributed by atoms with Gasteiger partial charge in [0.25, 0.3) is 0 Å². The first kappa shape index (κ1) is 25.5. The van der Waals surface area contributed by atoms with Crippen LogP contribution < -0.4 is 10.1 Å². The van der Waals surface area contributed by atoms with E-state index in [1.807, 2.05) is 12.1 Å². The largest absolute Gasteiger partial charge is 0.494 e. The minimum Gasteiger partial charge on any atom is -0.494 e. The molecule has 1 aliphatic heterocycles. The number of nitrogens with zero attached hydrogens (tertiary/aromatic N) is 2. The number of anilines is 1. The van der Waals surface area contributed by atoms with Crippen molar-refractivity contribution in [2.45, 2.75) is 70.9 Å². The summed E-state index contributed by atoms with van der Waals surface area (Å²) in [5.41, 5.74) is 6.04. The Morgan fingerprint density at radius 2 is 1.87 bits per heavy atom. The minimum absolute atomic E-state index is 0.366. The highest BCUT2D eigenvalue weighted by atomic mass is 16.6. The number of esters is 1. The van der Waals surface area contributed by atoms with Gasteiger partial charge in [-0.15, -0.1) is 0 Å². The summed E-state index contributed by atoms with van der Waals surface area (Å²) in [4.78, 5) is 18.4. The number of rotatable bonds is 7. The molecular weight excluding hydrogens is 486 g/mol. The van der Waals surface area contributed by atoms with Gasteiger partial charge < -0.3 is 19.4 Å². The van der Waals surface area contributed by atoms with Crippen LogP contribution in [0.1, 0.15) is 90.3 Å². The lowest BCUT2D eigenvalue weighted by Crippen LogP contribution is -2.32. The Morgan fingerprint density at radius 3 is 2.62 bits per heavy atom. The number of carbonyl (C=O) groups is 1. The van der Waals surface area contributed by atoms with E-state index in [-0.39, 0.29) is 5.97 Å². The number of aromatic nitrogens is 2. The van der Waals surface area contributed by atoms with E-state index in [1.54, 1.807) is 19.4 Å². The lowest BCUT2D eigenvalue weighted by Gasteiger charge is -2.33. The van der Waals surface area contributed by atoms with Crippen molar-refractivity contribution in [2.75, 3.05) is 19.0 Å². The Morgan fingerprint density at radius 1 is 1.08 bits per heavy atom. The van der Waals surface area contributed by atoms with Gasteiger partial charge in [-0.25, -0.2) is 4.79 Å². The molecule has 2 aromatic heterocycles. The molecule has 4 aromatic rings. The van der Waals surface area contributed by atoms with Gasteiger partial charge in [-0.1, -0.05) is 49.6 Å². The normalized spacial score (nSPS) is 19.2. The van der Waals surface area contributed by atoms with Crippen molar-refractivity contribution in [3.05, 3.63) is 88.4 Å². The summed E-state index contributed by atoms with van der Waals surface area (Å²) >= 11 is 0. The van der Waals surface area contributed by atoms with Crippen molar-refractivity contribution in [3.8, 4) is 5.75 Å². The SMILES string of the molecule is CCNc1c(C2CCCCC2)ccc(C2(c3c(C)n(CC)c4ccccc34)OC(=O)c3cccnc32)c1OC. The fourth-order valence-electron chi connectivity index (χ4n) is 7.06. The molecule has 1 unspecified atom stereocenters. The van der Waals surface area contributed by atoms with Crippen LogP contribution in [0, 0.1) is 6.92 Å². The fraction of sp³-hybridized carbons (Fsp3) is 0.394. The molecule has 6 nitrogen and oxygen atoms in total. The van der Waals surface area contributed by atoms with Gasteiger partial charge in [0.1, 0.15) is 11.4 Å². The number of hydrogen-bond donors (Lipinski definition) is 1. The van der Waals surface area contributed by atoms with Crippen molar-refractivity contribution < 1.29 is 14.3 Å². The zero-order chi connectivity index (χ0) is 27.1. The molecule has 0 saturated heterocycles. The topological polar surface area (TPSA) is 65.4 Å². The van der Waals surface area contributed by atoms with E-state index in [0.717, 1.165) is 52.3 Å². The Hall–Kier alpha value is -3.80. The highest BCUT2D eigenvalue weighted by molar-refractivity contribution is 5.98. The number of pyridine rings is 1. The van der Waals surface area contributed by atoms with Gasteiger partial charge in [-0.2, -0.15) is 0 Å². The summed E-state index contributed by atoms with van der Waals surface area (Å²) in [5, 5.41) is 4.69. The maximum atomic E-state index is 13.6. The van der Waals surface area contributed by atoms with Crippen molar-refractivity contribution in [2.24, 2.45) is 0 Å². The summed E-state index contributed by atoms with van der Waals surface area (Å²) in [7, 11) is 1.72. The van der Waals surface area contributed by atoms with E-state index >= 15 is 0 Å².